The van der Waals surface area contributed by atoms with E-state index in [0.29, 0.717) is 17.3 Å². The minimum absolute atomic E-state index is 0.538. The number of halogens is 1. The first-order chi connectivity index (χ1) is 9.22. The number of para-hydroxylation sites is 2. The molecule has 2 aromatic rings. The van der Waals surface area contributed by atoms with Gasteiger partial charge in [0, 0.05) is 11.4 Å². The average Bonchev–Trinajstić information content (AvgIpc) is 2.57. The van der Waals surface area contributed by atoms with Crippen LogP contribution in [-0.2, 0) is 0 Å². The van der Waals surface area contributed by atoms with Crippen molar-refractivity contribution < 1.29 is 0 Å². The Morgan fingerprint density at radius 3 is 2.21 bits per heavy atom. The molecule has 0 unspecified atom stereocenters. The number of fused-ring (bicyclic) bond motifs is 1. The third-order valence-corrected chi connectivity index (χ3v) is 3.18. The van der Waals surface area contributed by atoms with Crippen molar-refractivity contribution in [2.75, 3.05) is 0 Å². The highest BCUT2D eigenvalue weighted by molar-refractivity contribution is 6.30. The zero-order chi connectivity index (χ0) is 13.2. The molecule has 0 spiro atoms. The lowest BCUT2D eigenvalue weighted by Gasteiger charge is -2.04. The van der Waals surface area contributed by atoms with E-state index >= 15 is 0 Å². The zero-order valence-corrected chi connectivity index (χ0v) is 10.9. The fraction of sp³-hybridized carbons (Fsp3) is 0.0667. The predicted octanol–water partition coefficient (Wildman–Crippen LogP) is 3.85. The van der Waals surface area contributed by atoms with Gasteiger partial charge in [-0.25, -0.2) is 4.99 Å². The lowest BCUT2D eigenvalue weighted by molar-refractivity contribution is 1.41. The van der Waals surface area contributed by atoms with E-state index in [-0.39, 0.29) is 0 Å². The molecular formula is C15H12ClN3. The van der Waals surface area contributed by atoms with Crippen LogP contribution in [0.2, 0.25) is 5.02 Å². The van der Waals surface area contributed by atoms with Crippen molar-refractivity contribution in [3.63, 3.8) is 0 Å². The Morgan fingerprint density at radius 2 is 1.53 bits per heavy atom. The van der Waals surface area contributed by atoms with E-state index in [1.807, 2.05) is 48.5 Å². The second-order valence-corrected chi connectivity index (χ2v) is 4.77. The Kier molecular flexibility index (Phi) is 3.05. The molecule has 3 nitrogen and oxygen atoms in total. The fourth-order valence-electron chi connectivity index (χ4n) is 2.01. The molecule has 4 heteroatoms. The summed E-state index contributed by atoms with van der Waals surface area (Å²) in [6, 6.07) is 15.3. The van der Waals surface area contributed by atoms with Gasteiger partial charge in [0.05, 0.1) is 17.1 Å². The van der Waals surface area contributed by atoms with Gasteiger partial charge < -0.3 is 5.73 Å². The molecule has 0 atom stereocenters. The first-order valence-corrected chi connectivity index (χ1v) is 6.36. The van der Waals surface area contributed by atoms with Crippen LogP contribution in [0.15, 0.2) is 58.5 Å². The molecule has 3 rings (SSSR count). The van der Waals surface area contributed by atoms with Crippen LogP contribution >= 0.6 is 11.6 Å². The van der Waals surface area contributed by atoms with Gasteiger partial charge in [-0.15, -0.1) is 0 Å². The summed E-state index contributed by atoms with van der Waals surface area (Å²) in [5.41, 5.74) is 9.52. The van der Waals surface area contributed by atoms with E-state index in [9.17, 15) is 0 Å². The Balaban J connectivity index is 2.10. The SMILES string of the molecule is NC1=Nc2ccccc2N=C(c2ccc(Cl)cc2)C1. The van der Waals surface area contributed by atoms with E-state index < -0.39 is 0 Å². The van der Waals surface area contributed by atoms with Crippen molar-refractivity contribution >= 4 is 34.5 Å². The number of amidine groups is 1. The van der Waals surface area contributed by atoms with Crippen LogP contribution in [0.25, 0.3) is 0 Å². The Hall–Kier alpha value is -2.13. The molecule has 1 heterocycles. The van der Waals surface area contributed by atoms with Gasteiger partial charge in [0.1, 0.15) is 5.84 Å². The number of benzene rings is 2. The van der Waals surface area contributed by atoms with Crippen LogP contribution in [0.4, 0.5) is 11.4 Å². The summed E-state index contributed by atoms with van der Waals surface area (Å²) in [5.74, 6) is 0.568. The van der Waals surface area contributed by atoms with Crippen LogP contribution in [0.1, 0.15) is 12.0 Å². The summed E-state index contributed by atoms with van der Waals surface area (Å²) in [6.07, 6.45) is 0.538. The molecule has 1 aliphatic rings. The van der Waals surface area contributed by atoms with Crippen molar-refractivity contribution in [2.24, 2.45) is 15.7 Å². The van der Waals surface area contributed by atoms with Crippen LogP contribution in [0.5, 0.6) is 0 Å². The highest BCUT2D eigenvalue weighted by Crippen LogP contribution is 2.30. The monoisotopic (exact) mass is 269 g/mol. The van der Waals surface area contributed by atoms with Crippen molar-refractivity contribution in [2.45, 2.75) is 6.42 Å². The summed E-state index contributed by atoms with van der Waals surface area (Å²) in [5, 5.41) is 0.708. The predicted molar refractivity (Wildman–Crippen MR) is 80.0 cm³/mol. The van der Waals surface area contributed by atoms with E-state index in [1.54, 1.807) is 0 Å². The van der Waals surface area contributed by atoms with Crippen molar-refractivity contribution in [3.8, 4) is 0 Å². The molecule has 0 amide bonds. The number of aliphatic imine (C=N–C) groups is 2. The lowest BCUT2D eigenvalue weighted by atomic mass is 10.1. The standard InChI is InChI=1S/C15H12ClN3/c16-11-7-5-10(6-8-11)14-9-15(17)19-13-4-2-1-3-12(13)18-14/h1-8H,9H2,(H2,17,19). The zero-order valence-electron chi connectivity index (χ0n) is 10.2. The molecule has 1 aliphatic heterocycles. The lowest BCUT2D eigenvalue weighted by Crippen LogP contribution is -2.16. The summed E-state index contributed by atoms with van der Waals surface area (Å²) in [6.45, 7) is 0. The smallest absolute Gasteiger partial charge is 0.106 e. The topological polar surface area (TPSA) is 50.7 Å². The molecule has 0 bridgehead atoms. The van der Waals surface area contributed by atoms with E-state index in [4.69, 9.17) is 17.3 Å². The summed E-state index contributed by atoms with van der Waals surface area (Å²) in [7, 11) is 0. The minimum atomic E-state index is 0.538. The molecule has 0 aliphatic carbocycles. The van der Waals surface area contributed by atoms with E-state index in [0.717, 1.165) is 22.6 Å². The van der Waals surface area contributed by atoms with Gasteiger partial charge in [0.25, 0.3) is 0 Å². The summed E-state index contributed by atoms with van der Waals surface area (Å²) < 4.78 is 0. The third-order valence-electron chi connectivity index (χ3n) is 2.93. The molecule has 2 aromatic carbocycles. The highest BCUT2D eigenvalue weighted by atomic mass is 35.5. The maximum Gasteiger partial charge on any atom is 0.106 e. The van der Waals surface area contributed by atoms with Crippen molar-refractivity contribution in [1.29, 1.82) is 0 Å². The quantitative estimate of drug-likeness (QED) is 0.840. The Morgan fingerprint density at radius 1 is 0.895 bits per heavy atom. The normalized spacial score (nSPS) is 14.2. The number of hydrogen-bond acceptors (Lipinski definition) is 3. The van der Waals surface area contributed by atoms with E-state index in [2.05, 4.69) is 9.98 Å². The molecule has 0 saturated heterocycles. The molecule has 94 valence electrons. The second kappa shape index (κ2) is 4.86. The summed E-state index contributed by atoms with van der Waals surface area (Å²) >= 11 is 5.90. The van der Waals surface area contributed by atoms with Gasteiger partial charge in [-0.3, -0.25) is 4.99 Å². The molecule has 0 radical (unpaired) electrons. The number of hydrogen-bond donors (Lipinski definition) is 1. The van der Waals surface area contributed by atoms with E-state index in [1.165, 1.54) is 0 Å². The molecule has 0 fully saturated rings. The Bertz CT molecular complexity index is 672. The third kappa shape index (κ3) is 2.51. The number of nitrogens with zero attached hydrogens (tertiary/aromatic N) is 2. The van der Waals surface area contributed by atoms with Gasteiger partial charge in [-0.1, -0.05) is 35.9 Å². The molecule has 0 aromatic heterocycles. The Labute approximate surface area is 116 Å². The van der Waals surface area contributed by atoms with Crippen LogP contribution in [-0.4, -0.2) is 11.5 Å². The largest absolute Gasteiger partial charge is 0.387 e. The van der Waals surface area contributed by atoms with Crippen molar-refractivity contribution in [3.05, 3.63) is 59.1 Å². The number of nitrogens with two attached hydrogens (primary N) is 1. The van der Waals surface area contributed by atoms with Crippen LogP contribution in [0.3, 0.4) is 0 Å². The van der Waals surface area contributed by atoms with Gasteiger partial charge in [-0.05, 0) is 29.8 Å². The maximum absolute atomic E-state index is 5.95. The van der Waals surface area contributed by atoms with Crippen LogP contribution in [0, 0.1) is 0 Å². The molecule has 19 heavy (non-hydrogen) atoms. The maximum atomic E-state index is 5.95. The average molecular weight is 270 g/mol. The first kappa shape index (κ1) is 11.9. The number of rotatable bonds is 1. The highest BCUT2D eigenvalue weighted by Gasteiger charge is 2.12. The first-order valence-electron chi connectivity index (χ1n) is 5.98. The van der Waals surface area contributed by atoms with Gasteiger partial charge in [0.15, 0.2) is 0 Å². The molecule has 2 N–H and O–H groups in total. The van der Waals surface area contributed by atoms with Crippen LogP contribution < -0.4 is 5.73 Å². The second-order valence-electron chi connectivity index (χ2n) is 4.33. The molecular weight excluding hydrogens is 258 g/mol. The van der Waals surface area contributed by atoms with Gasteiger partial charge in [0.2, 0.25) is 0 Å². The minimum Gasteiger partial charge on any atom is -0.387 e. The van der Waals surface area contributed by atoms with Gasteiger partial charge >= 0.3 is 0 Å². The summed E-state index contributed by atoms with van der Waals surface area (Å²) in [4.78, 5) is 9.06. The van der Waals surface area contributed by atoms with Crippen molar-refractivity contribution in [1.82, 2.24) is 0 Å². The molecule has 0 saturated carbocycles. The van der Waals surface area contributed by atoms with Gasteiger partial charge in [-0.2, -0.15) is 0 Å². The fourth-order valence-corrected chi connectivity index (χ4v) is 2.14.